The number of nitrogens with one attached hydrogen (secondary N) is 3. The Kier molecular flexibility index (Phi) is 9.85. The van der Waals surface area contributed by atoms with Crippen molar-refractivity contribution in [3.63, 3.8) is 0 Å². The minimum atomic E-state index is -0.209. The molecule has 3 heterocycles. The summed E-state index contributed by atoms with van der Waals surface area (Å²) >= 11 is 0. The van der Waals surface area contributed by atoms with E-state index in [0.29, 0.717) is 24.3 Å². The molecule has 3 aromatic rings. The van der Waals surface area contributed by atoms with Crippen LogP contribution >= 0.6 is 0 Å². The number of pyridine rings is 1. The van der Waals surface area contributed by atoms with Crippen LogP contribution in [0.25, 0.3) is 11.0 Å². The molecule has 0 spiro atoms. The number of nitrogens with zero attached hydrogens (tertiary/aromatic N) is 4. The largest absolute Gasteiger partial charge is 0.395 e. The summed E-state index contributed by atoms with van der Waals surface area (Å²) in [6.07, 6.45) is 4.41. The molecule has 0 atom stereocenters. The van der Waals surface area contributed by atoms with Crippen LogP contribution in [0.2, 0.25) is 0 Å². The van der Waals surface area contributed by atoms with E-state index in [0.717, 1.165) is 67.0 Å². The highest BCUT2D eigenvalue weighted by Gasteiger charge is 2.22. The number of ether oxygens (including phenoxy) is 1. The molecule has 4 N–H and O–H groups in total. The maximum Gasteiger partial charge on any atom is 0.251 e. The number of amides is 2. The average Bonchev–Trinajstić information content (AvgIpc) is 3.36. The van der Waals surface area contributed by atoms with Crippen molar-refractivity contribution in [1.29, 1.82) is 0 Å². The van der Waals surface area contributed by atoms with Crippen molar-refractivity contribution in [3.05, 3.63) is 47.3 Å². The number of aliphatic hydroxyl groups is 1. The third-order valence-corrected chi connectivity index (χ3v) is 6.93. The molecule has 1 saturated heterocycles. The fourth-order valence-electron chi connectivity index (χ4n) is 4.77. The number of fused-ring (bicyclic) bond motifs is 1. The van der Waals surface area contributed by atoms with Gasteiger partial charge < -0.3 is 25.8 Å². The second kappa shape index (κ2) is 13.5. The number of aryl methyl sites for hydroxylation is 2. The fourth-order valence-corrected chi connectivity index (χ4v) is 4.77. The highest BCUT2D eigenvalue weighted by atomic mass is 16.5. The number of anilines is 2. The van der Waals surface area contributed by atoms with Crippen molar-refractivity contribution in [1.82, 2.24) is 25.0 Å². The van der Waals surface area contributed by atoms with Crippen LogP contribution in [0, 0.1) is 0 Å². The Balaban J connectivity index is 1.49. The molecule has 0 radical (unpaired) electrons. The topological polar surface area (TPSA) is 134 Å². The van der Waals surface area contributed by atoms with Gasteiger partial charge in [-0.3, -0.25) is 14.5 Å². The van der Waals surface area contributed by atoms with Gasteiger partial charge >= 0.3 is 0 Å². The van der Waals surface area contributed by atoms with Crippen molar-refractivity contribution in [2.45, 2.75) is 52.2 Å². The van der Waals surface area contributed by atoms with E-state index in [1.54, 1.807) is 36.2 Å². The summed E-state index contributed by atoms with van der Waals surface area (Å²) in [6.45, 7) is 7.19. The highest BCUT2D eigenvalue weighted by Crippen LogP contribution is 2.31. The van der Waals surface area contributed by atoms with Crippen molar-refractivity contribution in [2.75, 3.05) is 50.6 Å². The zero-order chi connectivity index (χ0) is 27.8. The number of benzene rings is 1. The highest BCUT2D eigenvalue weighted by molar-refractivity contribution is 5.97. The lowest BCUT2D eigenvalue weighted by Gasteiger charge is -2.26. The lowest BCUT2D eigenvalue weighted by Crippen LogP contribution is -2.32. The second-order valence-corrected chi connectivity index (χ2v) is 9.76. The monoisotopic (exact) mass is 537 g/mol. The summed E-state index contributed by atoms with van der Waals surface area (Å²) < 4.78 is 7.45. The van der Waals surface area contributed by atoms with Gasteiger partial charge in [-0.25, -0.2) is 9.67 Å². The van der Waals surface area contributed by atoms with E-state index in [1.165, 1.54) is 0 Å². The van der Waals surface area contributed by atoms with E-state index in [4.69, 9.17) is 14.8 Å². The first kappa shape index (κ1) is 28.5. The quantitative estimate of drug-likeness (QED) is 0.277. The molecule has 1 aromatic carbocycles. The van der Waals surface area contributed by atoms with Crippen LogP contribution in [0.1, 0.15) is 48.3 Å². The Morgan fingerprint density at radius 3 is 2.59 bits per heavy atom. The van der Waals surface area contributed by atoms with Gasteiger partial charge in [0.1, 0.15) is 0 Å². The van der Waals surface area contributed by atoms with Crippen molar-refractivity contribution < 1.29 is 19.4 Å². The maximum absolute atomic E-state index is 13.1. The van der Waals surface area contributed by atoms with Crippen molar-refractivity contribution in [2.24, 2.45) is 0 Å². The average molecular weight is 538 g/mol. The number of aromatic nitrogens is 3. The lowest BCUT2D eigenvalue weighted by atomic mass is 10.0. The van der Waals surface area contributed by atoms with E-state index in [2.05, 4.69) is 28.0 Å². The molecular weight excluding hydrogens is 498 g/mol. The van der Waals surface area contributed by atoms with Gasteiger partial charge in [0.15, 0.2) is 5.65 Å². The number of hydrogen-bond acceptors (Lipinski definition) is 8. The summed E-state index contributed by atoms with van der Waals surface area (Å²) in [5.74, 6) is -0.395. The molecule has 1 aliphatic heterocycles. The second-order valence-electron chi connectivity index (χ2n) is 9.76. The van der Waals surface area contributed by atoms with E-state index in [1.807, 2.05) is 17.8 Å². The number of carbonyl (C=O) groups is 2. The van der Waals surface area contributed by atoms with Gasteiger partial charge in [0.25, 0.3) is 5.91 Å². The molecule has 2 amide bonds. The SMILES string of the molecule is CCc1nc2c(cnn2CC)c(NC2CCOCC2)c1CNC(=O)c1ccc(NC(=O)CN(C)CCO)cc1. The molecule has 0 bridgehead atoms. The third kappa shape index (κ3) is 7.11. The van der Waals surface area contributed by atoms with E-state index >= 15 is 0 Å². The molecule has 11 heteroatoms. The molecule has 11 nitrogen and oxygen atoms in total. The Bertz CT molecular complexity index is 1270. The Morgan fingerprint density at radius 2 is 1.92 bits per heavy atom. The van der Waals surface area contributed by atoms with Crippen LogP contribution in [0.4, 0.5) is 11.4 Å². The molecule has 4 rings (SSSR count). The van der Waals surface area contributed by atoms with Gasteiger partial charge in [-0.1, -0.05) is 6.92 Å². The number of aliphatic hydroxyl groups excluding tert-OH is 1. The zero-order valence-electron chi connectivity index (χ0n) is 23.0. The van der Waals surface area contributed by atoms with Gasteiger partial charge in [0.05, 0.1) is 30.4 Å². The minimum absolute atomic E-state index is 0.00721. The predicted molar refractivity (Wildman–Crippen MR) is 151 cm³/mol. The van der Waals surface area contributed by atoms with Crippen LogP contribution in [-0.4, -0.2) is 82.6 Å². The standard InChI is InChI=1S/C28H39N7O4/c1-4-24-22(26(32-21-10-14-39-15-11-21)23-17-30-35(5-2)27(23)33-24)16-29-28(38)19-6-8-20(9-7-19)31-25(37)18-34(3)12-13-36/h6-9,17,21,36H,4-5,10-16,18H2,1-3H3,(H,29,38)(H,31,37)(H,32,33). The maximum atomic E-state index is 13.1. The van der Waals surface area contributed by atoms with E-state index in [9.17, 15) is 9.59 Å². The van der Waals surface area contributed by atoms with Crippen LogP contribution in [0.15, 0.2) is 30.5 Å². The van der Waals surface area contributed by atoms with Crippen LogP contribution in [0.5, 0.6) is 0 Å². The molecule has 0 saturated carbocycles. The summed E-state index contributed by atoms with van der Waals surface area (Å²) in [5, 5.41) is 24.1. The number of hydrogen-bond donors (Lipinski definition) is 4. The summed E-state index contributed by atoms with van der Waals surface area (Å²) in [7, 11) is 1.76. The van der Waals surface area contributed by atoms with E-state index in [-0.39, 0.29) is 31.0 Å². The van der Waals surface area contributed by atoms with Gasteiger partial charge in [-0.05, 0) is 57.5 Å². The summed E-state index contributed by atoms with van der Waals surface area (Å²) in [5.41, 5.74) is 4.82. The Morgan fingerprint density at radius 1 is 1.18 bits per heavy atom. The first-order valence-corrected chi connectivity index (χ1v) is 13.6. The van der Waals surface area contributed by atoms with Gasteiger partial charge in [0, 0.05) is 61.4 Å². The molecule has 39 heavy (non-hydrogen) atoms. The van der Waals surface area contributed by atoms with Gasteiger partial charge in [-0.2, -0.15) is 5.10 Å². The van der Waals surface area contributed by atoms with E-state index < -0.39 is 0 Å². The molecular formula is C28H39N7O4. The van der Waals surface area contributed by atoms with Crippen LogP contribution < -0.4 is 16.0 Å². The predicted octanol–water partition coefficient (Wildman–Crippen LogP) is 2.40. The smallest absolute Gasteiger partial charge is 0.251 e. The van der Waals surface area contributed by atoms with Gasteiger partial charge in [0.2, 0.25) is 5.91 Å². The summed E-state index contributed by atoms with van der Waals surface area (Å²) in [6, 6.07) is 7.08. The van der Waals surface area contributed by atoms with Crippen LogP contribution in [0.3, 0.4) is 0 Å². The molecule has 1 aliphatic rings. The Labute approximate surface area is 228 Å². The van der Waals surface area contributed by atoms with Crippen molar-refractivity contribution in [3.8, 4) is 0 Å². The summed E-state index contributed by atoms with van der Waals surface area (Å²) in [4.78, 5) is 31.9. The molecule has 210 valence electrons. The Hall–Kier alpha value is -3.54. The molecule has 1 fully saturated rings. The zero-order valence-corrected chi connectivity index (χ0v) is 23.0. The number of carbonyl (C=O) groups excluding carboxylic acids is 2. The molecule has 0 unspecified atom stereocenters. The molecule has 0 aliphatic carbocycles. The van der Waals surface area contributed by atoms with Crippen molar-refractivity contribution >= 4 is 34.2 Å². The lowest BCUT2D eigenvalue weighted by molar-refractivity contribution is -0.117. The molecule has 2 aromatic heterocycles. The minimum Gasteiger partial charge on any atom is -0.395 e. The fraction of sp³-hybridized carbons (Fsp3) is 0.500. The van der Waals surface area contributed by atoms with Crippen LogP contribution in [-0.2, 0) is 29.0 Å². The third-order valence-electron chi connectivity index (χ3n) is 6.93. The van der Waals surface area contributed by atoms with Gasteiger partial charge in [-0.15, -0.1) is 0 Å². The number of rotatable bonds is 12. The normalized spacial score (nSPS) is 14.1. The first-order valence-electron chi connectivity index (χ1n) is 13.6. The first-order chi connectivity index (χ1) is 18.9. The number of likely N-dealkylation sites (N-methyl/N-ethyl adjacent to an activating group) is 1.